The molecule has 0 saturated heterocycles. The van der Waals surface area contributed by atoms with E-state index in [2.05, 4.69) is 0 Å². The molecule has 1 atom stereocenters. The van der Waals surface area contributed by atoms with Crippen molar-refractivity contribution >= 4 is 0 Å². The molecule has 0 amide bonds. The lowest BCUT2D eigenvalue weighted by Gasteiger charge is -2.09. The minimum atomic E-state index is -0.467. The van der Waals surface area contributed by atoms with E-state index in [0.29, 0.717) is 6.61 Å². The summed E-state index contributed by atoms with van der Waals surface area (Å²) in [5, 5.41) is 18.0. The first-order valence-corrected chi connectivity index (χ1v) is 5.25. The van der Waals surface area contributed by atoms with Gasteiger partial charge in [-0.3, -0.25) is 0 Å². The van der Waals surface area contributed by atoms with Crippen LogP contribution in [-0.4, -0.2) is 23.4 Å². The third kappa shape index (κ3) is 4.32. The predicted octanol–water partition coefficient (Wildman–Crippen LogP) is 1.89. The van der Waals surface area contributed by atoms with Crippen molar-refractivity contribution in [1.82, 2.24) is 0 Å². The van der Waals surface area contributed by atoms with Gasteiger partial charge in [0.05, 0.1) is 12.7 Å². The molecular formula is C12H18O3. The Labute approximate surface area is 90.3 Å². The second-order valence-corrected chi connectivity index (χ2v) is 3.53. The predicted molar refractivity (Wildman–Crippen MR) is 58.9 cm³/mol. The molecule has 0 saturated carbocycles. The second-order valence-electron chi connectivity index (χ2n) is 3.53. The van der Waals surface area contributed by atoms with Crippen LogP contribution in [0.5, 0.6) is 5.75 Å². The minimum Gasteiger partial charge on any atom is -0.494 e. The zero-order chi connectivity index (χ0) is 11.1. The van der Waals surface area contributed by atoms with Crippen LogP contribution in [0.25, 0.3) is 0 Å². The molecule has 15 heavy (non-hydrogen) atoms. The molecule has 0 aliphatic rings. The average molecular weight is 210 g/mol. The average Bonchev–Trinajstić information content (AvgIpc) is 2.25. The number of rotatable bonds is 6. The molecule has 84 valence electrons. The lowest BCUT2D eigenvalue weighted by Crippen LogP contribution is -1.99. The zero-order valence-electron chi connectivity index (χ0n) is 9.02. The van der Waals surface area contributed by atoms with Crippen molar-refractivity contribution in [2.45, 2.75) is 25.9 Å². The quantitative estimate of drug-likeness (QED) is 0.705. The summed E-state index contributed by atoms with van der Waals surface area (Å²) < 4.78 is 5.48. The van der Waals surface area contributed by atoms with Gasteiger partial charge in [-0.25, -0.2) is 0 Å². The highest BCUT2D eigenvalue weighted by Crippen LogP contribution is 2.18. The van der Waals surface area contributed by atoms with E-state index in [4.69, 9.17) is 9.84 Å². The number of unbranched alkanes of at least 4 members (excludes halogenated alkanes) is 1. The van der Waals surface area contributed by atoms with Crippen molar-refractivity contribution in [1.29, 1.82) is 0 Å². The zero-order valence-corrected chi connectivity index (χ0v) is 9.02. The van der Waals surface area contributed by atoms with Gasteiger partial charge in [-0.05, 0) is 37.5 Å². The van der Waals surface area contributed by atoms with Crippen LogP contribution in [0, 0.1) is 0 Å². The Kier molecular flexibility index (Phi) is 5.15. The van der Waals surface area contributed by atoms with Gasteiger partial charge in [0.1, 0.15) is 5.75 Å². The van der Waals surface area contributed by atoms with Crippen molar-refractivity contribution in [3.8, 4) is 5.75 Å². The van der Waals surface area contributed by atoms with Gasteiger partial charge >= 0.3 is 0 Å². The molecule has 1 aromatic rings. The molecule has 0 aliphatic carbocycles. The SMILES string of the molecule is C[C@@H](O)c1cccc(OCCCCO)c1. The highest BCUT2D eigenvalue weighted by atomic mass is 16.5. The molecule has 3 nitrogen and oxygen atoms in total. The van der Waals surface area contributed by atoms with Crippen LogP contribution < -0.4 is 4.74 Å². The number of hydrogen-bond donors (Lipinski definition) is 2. The largest absolute Gasteiger partial charge is 0.494 e. The molecule has 3 heteroatoms. The summed E-state index contributed by atoms with van der Waals surface area (Å²) in [7, 11) is 0. The van der Waals surface area contributed by atoms with Crippen LogP contribution >= 0.6 is 0 Å². The van der Waals surface area contributed by atoms with E-state index in [1.165, 1.54) is 0 Å². The molecule has 0 fully saturated rings. The number of aliphatic hydroxyl groups is 2. The monoisotopic (exact) mass is 210 g/mol. The van der Waals surface area contributed by atoms with E-state index in [1.54, 1.807) is 6.92 Å². The maximum Gasteiger partial charge on any atom is 0.119 e. The van der Waals surface area contributed by atoms with Crippen LogP contribution in [0.4, 0.5) is 0 Å². The minimum absolute atomic E-state index is 0.205. The number of benzene rings is 1. The molecule has 0 aromatic heterocycles. The molecule has 0 spiro atoms. The molecule has 2 N–H and O–H groups in total. The Hall–Kier alpha value is -1.06. The summed E-state index contributed by atoms with van der Waals surface area (Å²) in [6.45, 7) is 2.53. The maximum atomic E-state index is 9.37. The van der Waals surface area contributed by atoms with Crippen LogP contribution in [0.1, 0.15) is 31.4 Å². The fourth-order valence-electron chi connectivity index (χ4n) is 1.27. The Balaban J connectivity index is 2.43. The van der Waals surface area contributed by atoms with E-state index in [-0.39, 0.29) is 6.61 Å². The summed E-state index contributed by atoms with van der Waals surface area (Å²) in [4.78, 5) is 0. The maximum absolute atomic E-state index is 9.37. The van der Waals surface area contributed by atoms with Gasteiger partial charge in [0.15, 0.2) is 0 Å². The number of ether oxygens (including phenoxy) is 1. The Bertz CT molecular complexity index is 284. The molecule has 0 radical (unpaired) electrons. The normalized spacial score (nSPS) is 12.5. The van der Waals surface area contributed by atoms with Crippen LogP contribution in [0.2, 0.25) is 0 Å². The van der Waals surface area contributed by atoms with Gasteiger partial charge in [0.2, 0.25) is 0 Å². The molecule has 0 aliphatic heterocycles. The molecule has 0 heterocycles. The van der Waals surface area contributed by atoms with E-state index < -0.39 is 6.10 Å². The topological polar surface area (TPSA) is 49.7 Å². The number of aliphatic hydroxyl groups excluding tert-OH is 2. The summed E-state index contributed by atoms with van der Waals surface area (Å²) in [6.07, 6.45) is 1.14. The summed E-state index contributed by atoms with van der Waals surface area (Å²) in [6, 6.07) is 7.43. The van der Waals surface area contributed by atoms with Crippen LogP contribution in [0.3, 0.4) is 0 Å². The first-order chi connectivity index (χ1) is 7.24. The second kappa shape index (κ2) is 6.43. The summed E-state index contributed by atoms with van der Waals surface area (Å²) in [5.74, 6) is 0.770. The van der Waals surface area contributed by atoms with Crippen molar-refractivity contribution in [3.63, 3.8) is 0 Å². The molecule has 1 rings (SSSR count). The van der Waals surface area contributed by atoms with E-state index >= 15 is 0 Å². The van der Waals surface area contributed by atoms with Gasteiger partial charge in [-0.15, -0.1) is 0 Å². The van der Waals surface area contributed by atoms with Crippen LogP contribution in [-0.2, 0) is 0 Å². The molecule has 1 aromatic carbocycles. The van der Waals surface area contributed by atoms with Gasteiger partial charge in [-0.2, -0.15) is 0 Å². The van der Waals surface area contributed by atoms with Gasteiger partial charge in [0, 0.05) is 6.61 Å². The Morgan fingerprint density at radius 3 is 2.80 bits per heavy atom. The molecule has 0 bridgehead atoms. The first kappa shape index (κ1) is 12.0. The van der Waals surface area contributed by atoms with Crippen molar-refractivity contribution in [2.75, 3.05) is 13.2 Å². The Morgan fingerprint density at radius 1 is 1.33 bits per heavy atom. The van der Waals surface area contributed by atoms with E-state index in [1.807, 2.05) is 24.3 Å². The Morgan fingerprint density at radius 2 is 2.13 bits per heavy atom. The molecule has 0 unspecified atom stereocenters. The lowest BCUT2D eigenvalue weighted by atomic mass is 10.1. The van der Waals surface area contributed by atoms with Gasteiger partial charge in [-0.1, -0.05) is 12.1 Å². The first-order valence-electron chi connectivity index (χ1n) is 5.25. The van der Waals surface area contributed by atoms with Gasteiger partial charge in [0.25, 0.3) is 0 Å². The highest BCUT2D eigenvalue weighted by Gasteiger charge is 2.01. The van der Waals surface area contributed by atoms with Gasteiger partial charge < -0.3 is 14.9 Å². The smallest absolute Gasteiger partial charge is 0.119 e. The fraction of sp³-hybridized carbons (Fsp3) is 0.500. The van der Waals surface area contributed by atoms with Crippen molar-refractivity contribution in [3.05, 3.63) is 29.8 Å². The highest BCUT2D eigenvalue weighted by molar-refractivity contribution is 5.29. The van der Waals surface area contributed by atoms with E-state index in [0.717, 1.165) is 24.2 Å². The van der Waals surface area contributed by atoms with Crippen molar-refractivity contribution < 1.29 is 14.9 Å². The fourth-order valence-corrected chi connectivity index (χ4v) is 1.27. The number of hydrogen-bond acceptors (Lipinski definition) is 3. The lowest BCUT2D eigenvalue weighted by molar-refractivity contribution is 0.198. The van der Waals surface area contributed by atoms with Crippen molar-refractivity contribution in [2.24, 2.45) is 0 Å². The van der Waals surface area contributed by atoms with E-state index in [9.17, 15) is 5.11 Å². The third-order valence-corrected chi connectivity index (χ3v) is 2.16. The third-order valence-electron chi connectivity index (χ3n) is 2.16. The summed E-state index contributed by atoms with van der Waals surface area (Å²) in [5.41, 5.74) is 0.856. The van der Waals surface area contributed by atoms with Crippen LogP contribution in [0.15, 0.2) is 24.3 Å². The summed E-state index contributed by atoms with van der Waals surface area (Å²) >= 11 is 0. The molecular weight excluding hydrogens is 192 g/mol. The standard InChI is InChI=1S/C12H18O3/c1-10(14)11-5-4-6-12(9-11)15-8-3-2-7-13/h4-6,9-10,13-14H,2-3,7-8H2,1H3/t10-/m1/s1.